The third-order valence-corrected chi connectivity index (χ3v) is 5.92. The van der Waals surface area contributed by atoms with Gasteiger partial charge in [0.15, 0.2) is 0 Å². The number of hydrogen-bond donors (Lipinski definition) is 1. The largest absolute Gasteiger partial charge is 0.416 e. The van der Waals surface area contributed by atoms with Crippen LogP contribution in [0.2, 0.25) is 0 Å². The summed E-state index contributed by atoms with van der Waals surface area (Å²) in [5.74, 6) is -0.805. The van der Waals surface area contributed by atoms with E-state index in [0.717, 1.165) is 11.6 Å². The van der Waals surface area contributed by atoms with E-state index in [-0.39, 0.29) is 23.9 Å². The van der Waals surface area contributed by atoms with Crippen molar-refractivity contribution >= 4 is 11.8 Å². The zero-order valence-electron chi connectivity index (χ0n) is 18.0. The molecule has 7 heteroatoms. The molecule has 1 aliphatic rings. The zero-order chi connectivity index (χ0) is 23.6. The molecule has 0 bridgehead atoms. The molecule has 2 unspecified atom stereocenters. The van der Waals surface area contributed by atoms with Crippen LogP contribution in [-0.4, -0.2) is 23.3 Å². The summed E-state index contributed by atoms with van der Waals surface area (Å²) in [6, 6.07) is 20.7. The number of nitrogens with zero attached hydrogens (tertiary/aromatic N) is 1. The molecule has 33 heavy (non-hydrogen) atoms. The highest BCUT2D eigenvalue weighted by Crippen LogP contribution is 2.36. The van der Waals surface area contributed by atoms with Crippen molar-refractivity contribution in [3.8, 4) is 0 Å². The van der Waals surface area contributed by atoms with Crippen LogP contribution < -0.4 is 5.32 Å². The van der Waals surface area contributed by atoms with Crippen molar-refractivity contribution in [1.82, 2.24) is 10.2 Å². The number of rotatable bonds is 6. The fraction of sp³-hybridized carbons (Fsp3) is 0.231. The number of amides is 2. The first kappa shape index (κ1) is 22.6. The van der Waals surface area contributed by atoms with Crippen molar-refractivity contribution < 1.29 is 22.8 Å². The van der Waals surface area contributed by atoms with E-state index in [1.165, 1.54) is 23.1 Å². The molecule has 170 valence electrons. The fourth-order valence-corrected chi connectivity index (χ4v) is 4.25. The molecular weight excluding hydrogens is 429 g/mol. The molecule has 2 amide bonds. The van der Waals surface area contributed by atoms with Crippen molar-refractivity contribution in [2.45, 2.75) is 31.6 Å². The Hall–Kier alpha value is -3.61. The number of carbonyl (C=O) groups excluding carboxylic acids is 2. The van der Waals surface area contributed by atoms with E-state index in [0.29, 0.717) is 17.7 Å². The number of halogens is 3. The molecule has 1 N–H and O–H groups in total. The number of hydrogen-bond acceptors (Lipinski definition) is 2. The van der Waals surface area contributed by atoms with Gasteiger partial charge in [0.25, 0.3) is 5.91 Å². The molecule has 1 heterocycles. The van der Waals surface area contributed by atoms with Crippen LogP contribution in [0.3, 0.4) is 0 Å². The molecule has 0 radical (unpaired) electrons. The Labute approximate surface area is 190 Å². The first-order chi connectivity index (χ1) is 15.8. The summed E-state index contributed by atoms with van der Waals surface area (Å²) < 4.78 is 40.0. The number of benzene rings is 3. The average Bonchev–Trinajstić information content (AvgIpc) is 3.09. The first-order valence-corrected chi connectivity index (χ1v) is 10.6. The van der Waals surface area contributed by atoms with Crippen LogP contribution in [0.1, 0.15) is 51.5 Å². The molecule has 2 atom stereocenters. The normalized spacial score (nSPS) is 16.4. The van der Waals surface area contributed by atoms with Gasteiger partial charge in [-0.2, -0.15) is 13.2 Å². The minimum absolute atomic E-state index is 0.0276. The van der Waals surface area contributed by atoms with E-state index in [9.17, 15) is 22.8 Å². The van der Waals surface area contributed by atoms with E-state index < -0.39 is 23.7 Å². The second-order valence-electron chi connectivity index (χ2n) is 8.13. The topological polar surface area (TPSA) is 49.4 Å². The van der Waals surface area contributed by atoms with Gasteiger partial charge in [-0.3, -0.25) is 9.59 Å². The summed E-state index contributed by atoms with van der Waals surface area (Å²) in [6.45, 7) is 1.98. The zero-order valence-corrected chi connectivity index (χ0v) is 18.0. The summed E-state index contributed by atoms with van der Waals surface area (Å²) in [7, 11) is 0. The summed E-state index contributed by atoms with van der Waals surface area (Å²) in [5, 5.41) is 2.63. The smallest absolute Gasteiger partial charge is 0.350 e. The Kier molecular flexibility index (Phi) is 6.22. The van der Waals surface area contributed by atoms with Gasteiger partial charge in [-0.1, -0.05) is 73.7 Å². The lowest BCUT2D eigenvalue weighted by atomic mass is 9.99. The Balaban J connectivity index is 1.58. The maximum atomic E-state index is 13.3. The van der Waals surface area contributed by atoms with Gasteiger partial charge < -0.3 is 10.2 Å². The second kappa shape index (κ2) is 9.10. The van der Waals surface area contributed by atoms with E-state index in [4.69, 9.17) is 0 Å². The quantitative estimate of drug-likeness (QED) is 0.550. The van der Waals surface area contributed by atoms with Gasteiger partial charge in [-0.05, 0) is 34.7 Å². The Morgan fingerprint density at radius 3 is 2.33 bits per heavy atom. The summed E-state index contributed by atoms with van der Waals surface area (Å²) >= 11 is 0. The van der Waals surface area contributed by atoms with Crippen LogP contribution in [0.5, 0.6) is 0 Å². The lowest BCUT2D eigenvalue weighted by Crippen LogP contribution is -2.40. The van der Waals surface area contributed by atoms with Gasteiger partial charge in [0, 0.05) is 18.7 Å². The van der Waals surface area contributed by atoms with Crippen molar-refractivity contribution in [2.24, 2.45) is 0 Å². The lowest BCUT2D eigenvalue weighted by Gasteiger charge is -2.28. The number of fused-ring (bicyclic) bond motifs is 1. The second-order valence-corrected chi connectivity index (χ2v) is 8.13. The molecule has 3 aromatic carbocycles. The van der Waals surface area contributed by atoms with Gasteiger partial charge >= 0.3 is 6.18 Å². The molecule has 0 spiro atoms. The Morgan fingerprint density at radius 1 is 0.970 bits per heavy atom. The van der Waals surface area contributed by atoms with E-state index >= 15 is 0 Å². The van der Waals surface area contributed by atoms with E-state index in [1.54, 1.807) is 24.3 Å². The van der Waals surface area contributed by atoms with E-state index in [2.05, 4.69) is 5.32 Å². The minimum Gasteiger partial charge on any atom is -0.350 e. The average molecular weight is 452 g/mol. The molecule has 3 aromatic rings. The molecule has 0 fully saturated rings. The van der Waals surface area contributed by atoms with Crippen LogP contribution >= 0.6 is 0 Å². The van der Waals surface area contributed by atoms with Crippen LogP contribution in [-0.2, 0) is 17.5 Å². The van der Waals surface area contributed by atoms with Gasteiger partial charge in [-0.25, -0.2) is 0 Å². The minimum atomic E-state index is -4.52. The molecule has 4 nitrogen and oxygen atoms in total. The van der Waals surface area contributed by atoms with Gasteiger partial charge in [0.1, 0.15) is 6.04 Å². The van der Waals surface area contributed by atoms with E-state index in [1.807, 2.05) is 37.3 Å². The summed E-state index contributed by atoms with van der Waals surface area (Å²) in [4.78, 5) is 27.9. The molecule has 1 aliphatic heterocycles. The van der Waals surface area contributed by atoms with Crippen molar-refractivity contribution in [3.05, 3.63) is 107 Å². The van der Waals surface area contributed by atoms with Crippen molar-refractivity contribution in [1.29, 1.82) is 0 Å². The summed E-state index contributed by atoms with van der Waals surface area (Å²) in [5.41, 5.74) is 1.21. The molecule has 0 aromatic heterocycles. The highest BCUT2D eigenvalue weighted by Gasteiger charge is 2.41. The van der Waals surface area contributed by atoms with Crippen LogP contribution in [0.15, 0.2) is 78.9 Å². The van der Waals surface area contributed by atoms with Crippen LogP contribution in [0.4, 0.5) is 13.2 Å². The molecular formula is C26H23F3N2O2. The molecule has 0 saturated heterocycles. The highest BCUT2D eigenvalue weighted by atomic mass is 19.4. The van der Waals surface area contributed by atoms with Crippen LogP contribution in [0.25, 0.3) is 0 Å². The maximum Gasteiger partial charge on any atom is 0.416 e. The standard InChI is InChI=1S/C26H23F3N2O2/c1-17(18-9-3-2-4-10-18)16-31-23(20-12-6-7-13-21(20)25(31)33)24(32)30-15-19-11-5-8-14-22(19)26(27,28)29/h2-14,17,23H,15-16H2,1H3,(H,30,32). The monoisotopic (exact) mass is 452 g/mol. The summed E-state index contributed by atoms with van der Waals surface area (Å²) in [6.07, 6.45) is -4.52. The predicted molar refractivity (Wildman–Crippen MR) is 118 cm³/mol. The van der Waals surface area contributed by atoms with Crippen LogP contribution in [0, 0.1) is 0 Å². The molecule has 0 aliphatic carbocycles. The lowest BCUT2D eigenvalue weighted by molar-refractivity contribution is -0.138. The first-order valence-electron chi connectivity index (χ1n) is 10.6. The number of nitrogens with one attached hydrogen (secondary N) is 1. The number of carbonyl (C=O) groups is 2. The van der Waals surface area contributed by atoms with Crippen molar-refractivity contribution in [2.75, 3.05) is 6.54 Å². The van der Waals surface area contributed by atoms with Gasteiger partial charge in [0.2, 0.25) is 5.91 Å². The van der Waals surface area contributed by atoms with Crippen molar-refractivity contribution in [3.63, 3.8) is 0 Å². The molecule has 0 saturated carbocycles. The third kappa shape index (κ3) is 4.62. The Morgan fingerprint density at radius 2 is 1.61 bits per heavy atom. The molecule has 4 rings (SSSR count). The van der Waals surface area contributed by atoms with Gasteiger partial charge in [-0.15, -0.1) is 0 Å². The Bertz CT molecular complexity index is 1160. The van der Waals surface area contributed by atoms with Gasteiger partial charge in [0.05, 0.1) is 5.56 Å². The fourth-order valence-electron chi connectivity index (χ4n) is 4.25. The maximum absolute atomic E-state index is 13.3. The number of alkyl halides is 3. The highest BCUT2D eigenvalue weighted by molar-refractivity contribution is 6.04. The SMILES string of the molecule is CC(CN1C(=O)c2ccccc2C1C(=O)NCc1ccccc1C(F)(F)F)c1ccccc1. The predicted octanol–water partition coefficient (Wildman–Crippen LogP) is 5.32. The third-order valence-electron chi connectivity index (χ3n) is 5.92.